The first-order valence-electron chi connectivity index (χ1n) is 10.1. The van der Waals surface area contributed by atoms with E-state index in [-0.39, 0.29) is 17.0 Å². The molecule has 3 heterocycles. The molecule has 0 saturated carbocycles. The molecular formula is C24H16F3N3O2. The molecule has 2 N–H and O–H groups in total. The van der Waals surface area contributed by atoms with Crippen molar-refractivity contribution in [1.29, 1.82) is 0 Å². The number of halogens is 3. The first kappa shape index (κ1) is 18.8. The van der Waals surface area contributed by atoms with Crippen LogP contribution in [-0.2, 0) is 6.42 Å². The normalized spacial score (nSPS) is 17.3. The number of carbonyl (C=O) groups excluding carboxylic acids is 1. The zero-order valence-corrected chi connectivity index (χ0v) is 16.6. The summed E-state index contributed by atoms with van der Waals surface area (Å²) in [5.41, 5.74) is 2.40. The molecule has 0 fully saturated rings. The van der Waals surface area contributed by atoms with Crippen LogP contribution in [0, 0.1) is 17.5 Å². The van der Waals surface area contributed by atoms with Gasteiger partial charge in [-0.25, -0.2) is 13.2 Å². The third-order valence-electron chi connectivity index (χ3n) is 6.17. The van der Waals surface area contributed by atoms with Crippen molar-refractivity contribution in [2.45, 2.75) is 12.6 Å². The molecule has 2 aliphatic rings. The average molecular weight is 435 g/mol. The molecule has 0 spiro atoms. The highest BCUT2D eigenvalue weighted by molar-refractivity contribution is 6.04. The Morgan fingerprint density at radius 3 is 2.66 bits per heavy atom. The minimum absolute atomic E-state index is 0.0994. The second-order valence-electron chi connectivity index (χ2n) is 8.00. The summed E-state index contributed by atoms with van der Waals surface area (Å²) in [4.78, 5) is 19.7. The highest BCUT2D eigenvalue weighted by Gasteiger charge is 2.45. The number of aromatic hydroxyl groups is 1. The fourth-order valence-electron chi connectivity index (χ4n) is 4.88. The van der Waals surface area contributed by atoms with E-state index < -0.39 is 29.5 Å². The second kappa shape index (κ2) is 6.53. The smallest absolute Gasteiger partial charge is 0.258 e. The summed E-state index contributed by atoms with van der Waals surface area (Å²) < 4.78 is 43.4. The first-order valence-corrected chi connectivity index (χ1v) is 10.1. The Bertz CT molecular complexity index is 1430. The summed E-state index contributed by atoms with van der Waals surface area (Å²) in [6.07, 6.45) is -0.305. The van der Waals surface area contributed by atoms with Gasteiger partial charge in [-0.2, -0.15) is 0 Å². The van der Waals surface area contributed by atoms with Crippen LogP contribution in [0.5, 0.6) is 5.75 Å². The largest absolute Gasteiger partial charge is 0.508 e. The lowest BCUT2D eigenvalue weighted by atomic mass is 9.94. The quantitative estimate of drug-likeness (QED) is 0.435. The molecule has 160 valence electrons. The van der Waals surface area contributed by atoms with Crippen molar-refractivity contribution in [1.82, 2.24) is 9.88 Å². The minimum Gasteiger partial charge on any atom is -0.508 e. The summed E-state index contributed by atoms with van der Waals surface area (Å²) in [5.74, 6) is -2.67. The van der Waals surface area contributed by atoms with Crippen LogP contribution in [0.25, 0.3) is 10.9 Å². The van der Waals surface area contributed by atoms with Crippen molar-refractivity contribution < 1.29 is 23.1 Å². The molecule has 0 aliphatic carbocycles. The number of amides is 1. The zero-order chi connectivity index (χ0) is 22.1. The first-order chi connectivity index (χ1) is 15.4. The van der Waals surface area contributed by atoms with Gasteiger partial charge in [0.15, 0.2) is 12.0 Å². The van der Waals surface area contributed by atoms with Gasteiger partial charge in [-0.05, 0) is 54.4 Å². The molecule has 32 heavy (non-hydrogen) atoms. The van der Waals surface area contributed by atoms with Gasteiger partial charge in [-0.3, -0.25) is 4.79 Å². The molecule has 5 nitrogen and oxygen atoms in total. The predicted molar refractivity (Wildman–Crippen MR) is 112 cm³/mol. The molecule has 0 saturated heterocycles. The van der Waals surface area contributed by atoms with Gasteiger partial charge >= 0.3 is 0 Å². The maximum Gasteiger partial charge on any atom is 0.258 e. The van der Waals surface area contributed by atoms with E-state index in [1.54, 1.807) is 24.3 Å². The molecule has 1 unspecified atom stereocenters. The minimum atomic E-state index is -0.904. The van der Waals surface area contributed by atoms with Crippen LogP contribution < -0.4 is 4.90 Å². The number of hydrogen-bond acceptors (Lipinski definition) is 3. The zero-order valence-electron chi connectivity index (χ0n) is 16.6. The maximum atomic E-state index is 15.1. The van der Waals surface area contributed by atoms with Crippen LogP contribution in [0.3, 0.4) is 0 Å². The van der Waals surface area contributed by atoms with Crippen LogP contribution in [0.15, 0.2) is 54.6 Å². The number of aromatic nitrogens is 1. The Morgan fingerprint density at radius 1 is 1.00 bits per heavy atom. The van der Waals surface area contributed by atoms with E-state index in [4.69, 9.17) is 0 Å². The Balaban J connectivity index is 1.67. The Labute approximate surface area is 180 Å². The van der Waals surface area contributed by atoms with Gasteiger partial charge in [0.25, 0.3) is 5.91 Å². The highest BCUT2D eigenvalue weighted by Crippen LogP contribution is 2.48. The number of aromatic amines is 1. The van der Waals surface area contributed by atoms with E-state index >= 15 is 4.39 Å². The van der Waals surface area contributed by atoms with Gasteiger partial charge in [0.1, 0.15) is 17.4 Å². The summed E-state index contributed by atoms with van der Waals surface area (Å²) >= 11 is 0. The summed E-state index contributed by atoms with van der Waals surface area (Å²) in [7, 11) is 0. The van der Waals surface area contributed by atoms with Crippen LogP contribution in [0.2, 0.25) is 0 Å². The highest BCUT2D eigenvalue weighted by atomic mass is 19.1. The second-order valence-corrected chi connectivity index (χ2v) is 8.00. The van der Waals surface area contributed by atoms with Gasteiger partial charge in [-0.1, -0.05) is 6.07 Å². The summed E-state index contributed by atoms with van der Waals surface area (Å²) in [6, 6.07) is 12.3. The molecule has 0 radical (unpaired) electrons. The maximum absolute atomic E-state index is 15.1. The molecule has 2 aliphatic heterocycles. The summed E-state index contributed by atoms with van der Waals surface area (Å²) in [6.45, 7) is 0.294. The van der Waals surface area contributed by atoms with Crippen molar-refractivity contribution >= 4 is 28.2 Å². The SMILES string of the molecule is O=C1c2cc(F)cc(F)c2N(c2cccc(F)c2)C2c3[nH]c4ccc(O)cc4c3CCN12. The number of H-pyrrole nitrogens is 1. The van der Waals surface area contributed by atoms with Gasteiger partial charge in [-0.15, -0.1) is 0 Å². The van der Waals surface area contributed by atoms with E-state index in [0.717, 1.165) is 28.6 Å². The molecule has 1 amide bonds. The van der Waals surface area contributed by atoms with Crippen molar-refractivity contribution in [3.8, 4) is 5.75 Å². The van der Waals surface area contributed by atoms with Crippen LogP contribution in [0.4, 0.5) is 24.5 Å². The Hall–Kier alpha value is -3.94. The van der Waals surface area contributed by atoms with Crippen LogP contribution in [-0.4, -0.2) is 27.4 Å². The van der Waals surface area contributed by atoms with Gasteiger partial charge in [0.2, 0.25) is 0 Å². The molecule has 0 bridgehead atoms. The number of fused-ring (bicyclic) bond motifs is 6. The van der Waals surface area contributed by atoms with Crippen molar-refractivity contribution in [3.05, 3.63) is 88.9 Å². The molecule has 1 aromatic heterocycles. The topological polar surface area (TPSA) is 59.6 Å². The van der Waals surface area contributed by atoms with E-state index in [0.29, 0.717) is 24.3 Å². The predicted octanol–water partition coefficient (Wildman–Crippen LogP) is 5.14. The third kappa shape index (κ3) is 2.55. The number of nitrogens with zero attached hydrogens (tertiary/aromatic N) is 2. The number of phenolic OH excluding ortho intramolecular Hbond substituents is 1. The third-order valence-corrected chi connectivity index (χ3v) is 6.17. The number of rotatable bonds is 1. The molecule has 3 aromatic carbocycles. The fraction of sp³-hybridized carbons (Fsp3) is 0.125. The Kier molecular flexibility index (Phi) is 3.83. The summed E-state index contributed by atoms with van der Waals surface area (Å²) in [5, 5.41) is 10.8. The van der Waals surface area contributed by atoms with Gasteiger partial charge in [0.05, 0.1) is 16.9 Å². The van der Waals surface area contributed by atoms with E-state index in [1.807, 2.05) is 0 Å². The number of carbonyl (C=O) groups is 1. The number of benzene rings is 3. The molecule has 6 rings (SSSR count). The van der Waals surface area contributed by atoms with E-state index in [1.165, 1.54) is 28.0 Å². The lowest BCUT2D eigenvalue weighted by Gasteiger charge is -2.47. The number of phenols is 1. The lowest BCUT2D eigenvalue weighted by molar-refractivity contribution is 0.0639. The molecular weight excluding hydrogens is 419 g/mol. The van der Waals surface area contributed by atoms with Gasteiger partial charge in [0, 0.05) is 29.2 Å². The molecule has 8 heteroatoms. The van der Waals surface area contributed by atoms with Crippen LogP contribution >= 0.6 is 0 Å². The number of hydrogen-bond donors (Lipinski definition) is 2. The van der Waals surface area contributed by atoms with Gasteiger partial charge < -0.3 is 19.9 Å². The van der Waals surface area contributed by atoms with Crippen molar-refractivity contribution in [2.75, 3.05) is 11.4 Å². The van der Waals surface area contributed by atoms with Crippen molar-refractivity contribution in [2.24, 2.45) is 0 Å². The Morgan fingerprint density at radius 2 is 1.84 bits per heavy atom. The standard InChI is InChI=1S/C24H16F3N3O2/c25-12-2-1-3-14(8-12)30-22-18(9-13(26)10-19(22)27)24(32)29-7-6-16-17-11-15(31)4-5-20(17)28-21(16)23(29)30/h1-5,8-11,23,28,31H,6-7H2. The van der Waals surface area contributed by atoms with Crippen LogP contribution in [0.1, 0.15) is 27.8 Å². The number of anilines is 2. The fourth-order valence-corrected chi connectivity index (χ4v) is 4.88. The van der Waals surface area contributed by atoms with Crippen molar-refractivity contribution in [3.63, 3.8) is 0 Å². The monoisotopic (exact) mass is 435 g/mol. The lowest BCUT2D eigenvalue weighted by Crippen LogP contribution is -2.51. The molecule has 1 atom stereocenters. The molecule has 4 aromatic rings. The van der Waals surface area contributed by atoms with E-state index in [2.05, 4.69) is 4.98 Å². The number of nitrogens with one attached hydrogen (secondary N) is 1. The average Bonchev–Trinajstić information content (AvgIpc) is 3.12. The van der Waals surface area contributed by atoms with E-state index in [9.17, 15) is 18.7 Å².